The molecule has 10 heteroatoms. The van der Waals surface area contributed by atoms with E-state index < -0.39 is 0 Å². The maximum atomic E-state index is 12.9. The minimum atomic E-state index is -0.387. The molecule has 0 radical (unpaired) electrons. The van der Waals surface area contributed by atoms with E-state index in [1.807, 2.05) is 6.92 Å². The lowest BCUT2D eigenvalue weighted by Crippen LogP contribution is -2.31. The monoisotopic (exact) mass is 482 g/mol. The molecule has 29 heavy (non-hydrogen) atoms. The molecule has 2 rings (SSSR count). The Morgan fingerprint density at radius 1 is 1.28 bits per heavy atom. The lowest BCUT2D eigenvalue weighted by molar-refractivity contribution is -0.118. The van der Waals surface area contributed by atoms with Crippen LogP contribution in [-0.4, -0.2) is 37.5 Å². The number of benzene rings is 2. The summed E-state index contributed by atoms with van der Waals surface area (Å²) in [6.45, 7) is 2.38. The number of hydrogen-bond acceptors (Lipinski definition) is 5. The topological polar surface area (TPSA) is 84.0 Å². The van der Waals surface area contributed by atoms with Crippen molar-refractivity contribution in [1.82, 2.24) is 10.7 Å². The Bertz CT molecular complexity index is 894. The van der Waals surface area contributed by atoms with Gasteiger partial charge in [-0.05, 0) is 71.5 Å². The van der Waals surface area contributed by atoms with Crippen molar-refractivity contribution in [2.45, 2.75) is 6.92 Å². The Hall–Kier alpha value is -2.72. The molecule has 2 aromatic rings. The van der Waals surface area contributed by atoms with Crippen LogP contribution in [0.5, 0.6) is 11.5 Å². The average Bonchev–Trinajstić information content (AvgIpc) is 2.69. The standard InChI is InChI=1S/C19H20BrFN4O3S/c1-3-22-19(29)25-23-10-12-8-16(27-2)17(9-15(12)20)28-11-18(26)24-14-6-4-13(21)5-7-14/h4-10H,3,11H2,1-2H3,(H,24,26)(H2,22,25,29). The van der Waals surface area contributed by atoms with Gasteiger partial charge in [-0.3, -0.25) is 10.2 Å². The second-order valence-corrected chi connectivity index (χ2v) is 6.86. The zero-order valence-electron chi connectivity index (χ0n) is 15.8. The fraction of sp³-hybridized carbons (Fsp3) is 0.211. The molecule has 1 amide bonds. The molecule has 0 aliphatic heterocycles. The first-order valence-electron chi connectivity index (χ1n) is 8.55. The maximum Gasteiger partial charge on any atom is 0.262 e. The number of carbonyl (C=O) groups excluding carboxylic acids is 1. The first kappa shape index (κ1) is 22.6. The second-order valence-electron chi connectivity index (χ2n) is 5.60. The molecule has 0 fully saturated rings. The van der Waals surface area contributed by atoms with Crippen LogP contribution in [0.1, 0.15) is 12.5 Å². The Labute approximate surface area is 181 Å². The fourth-order valence-electron chi connectivity index (χ4n) is 2.16. The number of ether oxygens (including phenoxy) is 2. The van der Waals surface area contributed by atoms with E-state index in [-0.39, 0.29) is 18.3 Å². The number of methoxy groups -OCH3 is 1. The summed E-state index contributed by atoms with van der Waals surface area (Å²) < 4.78 is 24.5. The maximum absolute atomic E-state index is 12.9. The van der Waals surface area contributed by atoms with E-state index in [2.05, 4.69) is 37.1 Å². The van der Waals surface area contributed by atoms with E-state index in [1.54, 1.807) is 18.3 Å². The summed E-state index contributed by atoms with van der Waals surface area (Å²) in [5.41, 5.74) is 3.89. The highest BCUT2D eigenvalue weighted by Crippen LogP contribution is 2.33. The van der Waals surface area contributed by atoms with Crippen LogP contribution in [0.25, 0.3) is 0 Å². The first-order chi connectivity index (χ1) is 13.9. The number of amides is 1. The average molecular weight is 483 g/mol. The molecule has 7 nitrogen and oxygen atoms in total. The molecule has 0 aliphatic rings. The summed E-state index contributed by atoms with van der Waals surface area (Å²) in [6.07, 6.45) is 1.57. The lowest BCUT2D eigenvalue weighted by Gasteiger charge is -2.13. The van der Waals surface area contributed by atoms with Gasteiger partial charge in [0.1, 0.15) is 5.82 Å². The van der Waals surface area contributed by atoms with Gasteiger partial charge in [0.05, 0.1) is 13.3 Å². The van der Waals surface area contributed by atoms with E-state index >= 15 is 0 Å². The summed E-state index contributed by atoms with van der Waals surface area (Å²) in [7, 11) is 1.49. The largest absolute Gasteiger partial charge is 0.493 e. The van der Waals surface area contributed by atoms with Gasteiger partial charge >= 0.3 is 0 Å². The third-order valence-electron chi connectivity index (χ3n) is 3.48. The molecule has 0 spiro atoms. The number of nitrogens with zero attached hydrogens (tertiary/aromatic N) is 1. The summed E-state index contributed by atoms with van der Waals surface area (Å²) in [5, 5.41) is 10.0. The van der Waals surface area contributed by atoms with E-state index in [9.17, 15) is 9.18 Å². The van der Waals surface area contributed by atoms with Gasteiger partial charge in [0, 0.05) is 22.3 Å². The highest BCUT2D eigenvalue weighted by atomic mass is 79.9. The quantitative estimate of drug-likeness (QED) is 0.303. The van der Waals surface area contributed by atoms with Crippen LogP contribution < -0.4 is 25.5 Å². The van der Waals surface area contributed by atoms with Crippen LogP contribution in [0.4, 0.5) is 10.1 Å². The molecule has 0 aliphatic carbocycles. The molecule has 0 atom stereocenters. The fourth-order valence-corrected chi connectivity index (χ4v) is 2.78. The molecule has 2 aromatic carbocycles. The zero-order valence-corrected chi connectivity index (χ0v) is 18.2. The minimum Gasteiger partial charge on any atom is -0.493 e. The number of hydrogen-bond donors (Lipinski definition) is 3. The first-order valence-corrected chi connectivity index (χ1v) is 9.75. The third kappa shape index (κ3) is 7.31. The van der Waals surface area contributed by atoms with Gasteiger partial charge in [0.25, 0.3) is 5.91 Å². The molecule has 0 aromatic heterocycles. The normalized spacial score (nSPS) is 10.5. The van der Waals surface area contributed by atoms with E-state index in [1.165, 1.54) is 31.4 Å². The van der Waals surface area contributed by atoms with Gasteiger partial charge in [0.15, 0.2) is 23.2 Å². The van der Waals surface area contributed by atoms with Gasteiger partial charge < -0.3 is 20.1 Å². The predicted molar refractivity (Wildman–Crippen MR) is 118 cm³/mol. The number of nitrogens with one attached hydrogen (secondary N) is 3. The highest BCUT2D eigenvalue weighted by Gasteiger charge is 2.12. The van der Waals surface area contributed by atoms with Gasteiger partial charge in [0.2, 0.25) is 0 Å². The third-order valence-corrected chi connectivity index (χ3v) is 4.40. The molecule has 0 heterocycles. The van der Waals surface area contributed by atoms with Gasteiger partial charge in [-0.25, -0.2) is 4.39 Å². The van der Waals surface area contributed by atoms with Crippen LogP contribution in [0.3, 0.4) is 0 Å². The Kier molecular flexibility index (Phi) is 8.81. The predicted octanol–water partition coefficient (Wildman–Crippen LogP) is 3.43. The summed E-state index contributed by atoms with van der Waals surface area (Å²) >= 11 is 8.47. The van der Waals surface area contributed by atoms with Gasteiger partial charge in [-0.1, -0.05) is 0 Å². The van der Waals surface area contributed by atoms with Crippen LogP contribution in [0.15, 0.2) is 46.0 Å². The summed E-state index contributed by atoms with van der Waals surface area (Å²) in [6, 6.07) is 8.84. The van der Waals surface area contributed by atoms with Crippen LogP contribution in [0, 0.1) is 5.82 Å². The SMILES string of the molecule is CCNC(=S)NN=Cc1cc(OC)c(OCC(=O)Nc2ccc(F)cc2)cc1Br. The smallest absolute Gasteiger partial charge is 0.262 e. The molecule has 0 saturated carbocycles. The molecule has 0 bridgehead atoms. The Morgan fingerprint density at radius 3 is 2.66 bits per heavy atom. The Morgan fingerprint density at radius 2 is 2.00 bits per heavy atom. The van der Waals surface area contributed by atoms with Crippen molar-refractivity contribution in [3.8, 4) is 11.5 Å². The molecular weight excluding hydrogens is 463 g/mol. The van der Waals surface area contributed by atoms with Crippen LogP contribution in [-0.2, 0) is 4.79 Å². The van der Waals surface area contributed by atoms with E-state index in [4.69, 9.17) is 21.7 Å². The number of rotatable bonds is 8. The van der Waals surface area contributed by atoms with Crippen molar-refractivity contribution in [3.05, 3.63) is 52.3 Å². The number of anilines is 1. The van der Waals surface area contributed by atoms with Gasteiger partial charge in [-0.2, -0.15) is 5.10 Å². The minimum absolute atomic E-state index is 0.244. The van der Waals surface area contributed by atoms with Crippen molar-refractivity contribution in [2.24, 2.45) is 5.10 Å². The van der Waals surface area contributed by atoms with E-state index in [0.29, 0.717) is 33.3 Å². The second kappa shape index (κ2) is 11.3. The molecule has 0 saturated heterocycles. The van der Waals surface area contributed by atoms with Crippen LogP contribution >= 0.6 is 28.1 Å². The zero-order chi connectivity index (χ0) is 21.2. The number of carbonyl (C=O) groups is 1. The number of thiocarbonyl (C=S) groups is 1. The van der Waals surface area contributed by atoms with Crippen molar-refractivity contribution >= 4 is 51.1 Å². The van der Waals surface area contributed by atoms with Crippen molar-refractivity contribution in [2.75, 3.05) is 25.6 Å². The van der Waals surface area contributed by atoms with Crippen LogP contribution in [0.2, 0.25) is 0 Å². The number of halogens is 2. The van der Waals surface area contributed by atoms with Crippen molar-refractivity contribution in [3.63, 3.8) is 0 Å². The molecule has 3 N–H and O–H groups in total. The van der Waals surface area contributed by atoms with Crippen molar-refractivity contribution in [1.29, 1.82) is 0 Å². The molecule has 154 valence electrons. The molecule has 0 unspecified atom stereocenters. The van der Waals surface area contributed by atoms with E-state index in [0.717, 1.165) is 5.56 Å². The van der Waals surface area contributed by atoms with Crippen molar-refractivity contribution < 1.29 is 18.7 Å². The summed E-state index contributed by atoms with van der Waals surface area (Å²) in [5.74, 6) is 0.0399. The lowest BCUT2D eigenvalue weighted by atomic mass is 10.2. The van der Waals surface area contributed by atoms with Gasteiger partial charge in [-0.15, -0.1) is 0 Å². The highest BCUT2D eigenvalue weighted by molar-refractivity contribution is 9.10. The molecular formula is C19H20BrFN4O3S. The Balaban J connectivity index is 2.00. The summed E-state index contributed by atoms with van der Waals surface area (Å²) in [4.78, 5) is 12.1. The number of hydrazone groups is 1.